The molecule has 10 aliphatic heterocycles. The third-order valence-corrected chi connectivity index (χ3v) is 48.4. The molecular weight excluding hydrogens is 1830 g/mol. The second-order valence-electron chi connectivity index (χ2n) is 38.9. The minimum atomic E-state index is -3.02. The Morgan fingerprint density at radius 3 is 0.795 bits per heavy atom. The average Bonchev–Trinajstić information content (AvgIpc) is 1.65. The van der Waals surface area contributed by atoms with Crippen LogP contribution >= 0.6 is 0 Å². The number of piperazine rings is 2. The van der Waals surface area contributed by atoms with Crippen LogP contribution in [0.4, 0.5) is 0 Å². The highest BCUT2D eigenvalue weighted by Gasteiger charge is 2.41. The van der Waals surface area contributed by atoms with E-state index in [1.807, 2.05) is 14.0 Å². The summed E-state index contributed by atoms with van der Waals surface area (Å²) in [5.74, 6) is 3.65. The van der Waals surface area contributed by atoms with Crippen LogP contribution in [0, 0.1) is 35.5 Å². The first kappa shape index (κ1) is 124. The quantitative estimate of drug-likeness (QED) is 0.0819. The molecule has 0 spiro atoms. The number of hydrogen-bond donors (Lipinski definition) is 0. The molecule has 10 aliphatic rings. The highest BCUT2D eigenvalue weighted by atomic mass is 32.2. The fraction of sp³-hybridized carbons (Fsp3) is 1.00. The van der Waals surface area contributed by atoms with Crippen LogP contribution in [0.2, 0.25) is 0 Å². The maximum Gasteiger partial charge on any atom is 0.216 e. The topological polar surface area (TPSA) is 380 Å². The third-order valence-electron chi connectivity index (χ3n) is 25.7. The molecule has 0 bridgehead atoms. The van der Waals surface area contributed by atoms with E-state index >= 15 is 0 Å². The summed E-state index contributed by atoms with van der Waals surface area (Å²) < 4.78 is 250. The molecule has 0 aromatic carbocycles. The zero-order chi connectivity index (χ0) is 98.5. The Morgan fingerprint density at radius 2 is 0.488 bits per heavy atom. The zero-order valence-electron chi connectivity index (χ0n) is 84.2. The monoisotopic (exact) mass is 2010 g/mol. The SMILES string of the molecule is CC(C)S(=O)(=O)N1CCN(C)CC1.CC1CCCN1S(=O)(=O)C(C)C.CC1CCN(S(=O)(=O)C(C)C)C1.CC1CCN(S(=O)(=O)C(C)C)CC1.CC1CN(S(=O)(=O)C(C)C)C1.CCC1CCCN1S(=O)(=O)C(C)C.CCC1CCN(S(=O)(=O)C(C)C)C1.CCC1CCN(S(=O)(=O)C(C)C)CC1.CCC1CN(S(=O)(=O)C(C)C)C1.CCN1CCN(S(=O)(=O)C(C)C)CC1. The van der Waals surface area contributed by atoms with E-state index in [2.05, 4.69) is 65.2 Å². The predicted octanol–water partition coefficient (Wildman–Crippen LogP) is 10.7. The van der Waals surface area contributed by atoms with Crippen LogP contribution in [0.5, 0.6) is 0 Å². The van der Waals surface area contributed by atoms with Gasteiger partial charge < -0.3 is 9.80 Å². The van der Waals surface area contributed by atoms with Crippen molar-refractivity contribution in [2.24, 2.45) is 35.5 Å². The Morgan fingerprint density at radius 1 is 0.228 bits per heavy atom. The molecule has 10 saturated heterocycles. The first-order valence-electron chi connectivity index (χ1n) is 47.5. The highest BCUT2D eigenvalue weighted by Crippen LogP contribution is 2.31. The fourth-order valence-corrected chi connectivity index (χ4v) is 29.3. The van der Waals surface area contributed by atoms with Crippen molar-refractivity contribution in [2.75, 3.05) is 158 Å². The predicted molar refractivity (Wildman–Crippen MR) is 525 cm³/mol. The lowest BCUT2D eigenvalue weighted by Crippen LogP contribution is -2.51. The molecule has 10 heterocycles. The molecule has 10 rings (SSSR count). The van der Waals surface area contributed by atoms with Gasteiger partial charge in [-0.2, -0.15) is 17.2 Å². The number of rotatable bonds is 25. The molecule has 0 radical (unpaired) electrons. The van der Waals surface area contributed by atoms with Crippen molar-refractivity contribution >= 4 is 100 Å². The van der Waals surface area contributed by atoms with Gasteiger partial charge in [-0.15, -0.1) is 0 Å². The Balaban J connectivity index is 0.000000706. The first-order chi connectivity index (χ1) is 58.1. The highest BCUT2D eigenvalue weighted by molar-refractivity contribution is 7.92. The minimum Gasteiger partial charge on any atom is -0.304 e. The molecular formula is C85H182N12O20S10. The van der Waals surface area contributed by atoms with Crippen LogP contribution < -0.4 is 0 Å². The summed E-state index contributed by atoms with van der Waals surface area (Å²) in [6.07, 6.45) is 14.5. The summed E-state index contributed by atoms with van der Waals surface area (Å²) in [5.41, 5.74) is 0. The van der Waals surface area contributed by atoms with E-state index in [1.54, 1.807) is 182 Å². The first-order valence-corrected chi connectivity index (χ1v) is 62.5. The van der Waals surface area contributed by atoms with Crippen LogP contribution in [-0.2, 0) is 100 Å². The number of hydrogen-bond acceptors (Lipinski definition) is 22. The summed E-state index contributed by atoms with van der Waals surface area (Å²) in [5, 5.41) is -2.79. The van der Waals surface area contributed by atoms with Crippen molar-refractivity contribution in [1.29, 1.82) is 0 Å². The molecule has 0 N–H and O–H groups in total. The van der Waals surface area contributed by atoms with Gasteiger partial charge >= 0.3 is 0 Å². The lowest BCUT2D eigenvalue weighted by Gasteiger charge is -2.38. The Labute approximate surface area is 779 Å². The van der Waals surface area contributed by atoms with E-state index in [9.17, 15) is 84.2 Å². The molecule has 10 fully saturated rings. The zero-order valence-corrected chi connectivity index (χ0v) is 92.3. The van der Waals surface area contributed by atoms with E-state index in [0.717, 1.165) is 168 Å². The van der Waals surface area contributed by atoms with E-state index in [0.29, 0.717) is 102 Å². The van der Waals surface area contributed by atoms with Gasteiger partial charge in [0.05, 0.1) is 52.5 Å². The maximum atomic E-state index is 11.8. The normalized spacial score (nSPS) is 23.7. The lowest BCUT2D eigenvalue weighted by atomic mass is 9.96. The van der Waals surface area contributed by atoms with Gasteiger partial charge in [0.1, 0.15) is 0 Å². The van der Waals surface area contributed by atoms with Gasteiger partial charge in [-0.3, -0.25) is 0 Å². The van der Waals surface area contributed by atoms with Gasteiger partial charge in [-0.25, -0.2) is 110 Å². The second-order valence-corrected chi connectivity index (χ2v) is 63.7. The maximum absolute atomic E-state index is 11.8. The van der Waals surface area contributed by atoms with Crippen LogP contribution in [0.3, 0.4) is 0 Å². The molecule has 0 aromatic rings. The minimum absolute atomic E-state index is 0.206. The average molecular weight is 2010 g/mol. The number of likely N-dealkylation sites (N-methyl/N-ethyl adjacent to an activating group) is 2. The van der Waals surface area contributed by atoms with E-state index in [4.69, 9.17) is 0 Å². The molecule has 0 aromatic heterocycles. The van der Waals surface area contributed by atoms with Crippen LogP contribution in [0.1, 0.15) is 291 Å². The van der Waals surface area contributed by atoms with E-state index in [1.165, 1.54) is 6.42 Å². The number of sulfonamides is 10. The molecule has 4 unspecified atom stereocenters. The van der Waals surface area contributed by atoms with Crippen molar-refractivity contribution in [3.63, 3.8) is 0 Å². The molecule has 762 valence electrons. The van der Waals surface area contributed by atoms with Crippen molar-refractivity contribution in [1.82, 2.24) is 52.9 Å². The number of nitrogens with zero attached hydrogens (tertiary/aromatic N) is 12. The van der Waals surface area contributed by atoms with Crippen LogP contribution in [-0.4, -0.2) is 359 Å². The smallest absolute Gasteiger partial charge is 0.216 e. The van der Waals surface area contributed by atoms with E-state index in [-0.39, 0.29) is 64.6 Å². The Kier molecular flexibility index (Phi) is 54.3. The van der Waals surface area contributed by atoms with Gasteiger partial charge in [0.15, 0.2) is 0 Å². The van der Waals surface area contributed by atoms with Crippen molar-refractivity contribution < 1.29 is 84.2 Å². The van der Waals surface area contributed by atoms with Gasteiger partial charge in [-0.1, -0.05) is 74.7 Å². The summed E-state index contributed by atoms with van der Waals surface area (Å²) in [6.45, 7) is 70.7. The molecule has 0 amide bonds. The summed E-state index contributed by atoms with van der Waals surface area (Å²) in [6, 6.07) is 0.463. The molecule has 42 heteroatoms. The molecule has 0 aliphatic carbocycles. The number of piperidine rings is 2. The molecule has 4 atom stereocenters. The third kappa shape index (κ3) is 38.0. The van der Waals surface area contributed by atoms with Gasteiger partial charge in [0.2, 0.25) is 100 Å². The second kappa shape index (κ2) is 55.6. The van der Waals surface area contributed by atoms with E-state index < -0.39 is 100 Å². The summed E-state index contributed by atoms with van der Waals surface area (Å²) in [4.78, 5) is 4.42. The largest absolute Gasteiger partial charge is 0.304 e. The van der Waals surface area contributed by atoms with Crippen LogP contribution in [0.15, 0.2) is 0 Å². The van der Waals surface area contributed by atoms with Crippen molar-refractivity contribution in [2.45, 2.75) is 355 Å². The van der Waals surface area contributed by atoms with Gasteiger partial charge in [0.25, 0.3) is 0 Å². The molecule has 0 saturated carbocycles. The molecule has 127 heavy (non-hydrogen) atoms. The van der Waals surface area contributed by atoms with Crippen molar-refractivity contribution in [3.8, 4) is 0 Å². The fourth-order valence-electron chi connectivity index (χ4n) is 15.2. The Bertz CT molecular complexity index is 4190. The standard InChI is InChI=1S/C10H21NO2S.C9H20N2O2S.3C9H19NO2S.C8H18N2O2S.3C8H17NO2S.C7H15NO2S/c2*1-4-10-5-7-11(8-6-10)14(12,13)9(2)3;1-8(2)13(11,12)10-6-4-9(3)5-7-10;1-4-9-5-6-10(7-9)13(11,12)8(2)3;1-4-9-6-5-7-10(9)13(11,12)8(2)3;1-8(2)13(11,12)10-6-4-9(3)5-7-10;1-7(2)12(10,11)9-5-4-8(3)6-9;1-7(2)12(10,11)9-6-4-5-8(9)3;1-4-8-5-9(6-8)12(10,11)7(2)3;1-6(2)11(9,10)8-4-7(3)5-8/h9-10H,4-8H2,1-3H3;9H,4-8H2,1-3H3;3*8-9H,4-7H2,1-3H3;8H,4-7H2,1-3H3;3*7-8H,4-6H2,1-3H3;6-7H,4-5H2,1-3H3. The van der Waals surface area contributed by atoms with Gasteiger partial charge in [0, 0.05) is 156 Å². The Hall–Kier alpha value is -0.980. The molecule has 32 nitrogen and oxygen atoms in total. The lowest BCUT2D eigenvalue weighted by molar-refractivity contribution is 0.194. The van der Waals surface area contributed by atoms with Gasteiger partial charge in [-0.05, 0) is 265 Å². The van der Waals surface area contributed by atoms with Crippen LogP contribution in [0.25, 0.3) is 0 Å². The van der Waals surface area contributed by atoms with Crippen molar-refractivity contribution in [3.05, 3.63) is 0 Å². The summed E-state index contributed by atoms with van der Waals surface area (Å²) >= 11 is 0. The summed E-state index contributed by atoms with van der Waals surface area (Å²) in [7, 11) is -27.9.